The number of amides is 1. The summed E-state index contributed by atoms with van der Waals surface area (Å²) in [6.07, 6.45) is 0.812. The van der Waals surface area contributed by atoms with Crippen molar-refractivity contribution in [2.24, 2.45) is 5.92 Å². The Kier molecular flexibility index (Phi) is 5.83. The van der Waals surface area contributed by atoms with E-state index in [0.29, 0.717) is 33.0 Å². The molecule has 0 unspecified atom stereocenters. The molecule has 0 aliphatic carbocycles. The number of hydrogen-bond acceptors (Lipinski definition) is 4. The molecule has 5 nitrogen and oxygen atoms in total. The molecule has 0 bridgehead atoms. The van der Waals surface area contributed by atoms with E-state index in [1.165, 1.54) is 0 Å². The van der Waals surface area contributed by atoms with Crippen LogP contribution in [0.3, 0.4) is 0 Å². The van der Waals surface area contributed by atoms with Crippen molar-refractivity contribution < 1.29 is 19.0 Å². The van der Waals surface area contributed by atoms with E-state index in [1.807, 2.05) is 24.3 Å². The Morgan fingerprint density at radius 3 is 3.10 bits per heavy atom. The van der Waals surface area contributed by atoms with Crippen molar-refractivity contribution in [3.63, 3.8) is 0 Å². The molecule has 1 aromatic carbocycles. The molecule has 1 saturated heterocycles. The van der Waals surface area contributed by atoms with Crippen molar-refractivity contribution in [2.45, 2.75) is 13.0 Å². The molecule has 0 aromatic heterocycles. The second-order valence-electron chi connectivity index (χ2n) is 4.77. The molecule has 110 valence electrons. The summed E-state index contributed by atoms with van der Waals surface area (Å²) in [7, 11) is 1.64. The Balaban J connectivity index is 1.79. The third kappa shape index (κ3) is 4.51. The summed E-state index contributed by atoms with van der Waals surface area (Å²) in [5.74, 6) is 0.849. The van der Waals surface area contributed by atoms with Crippen LogP contribution in [-0.4, -0.2) is 39.4 Å². The molecule has 5 heteroatoms. The summed E-state index contributed by atoms with van der Waals surface area (Å²) in [4.78, 5) is 11.9. The lowest BCUT2D eigenvalue weighted by Gasteiger charge is -2.11. The summed E-state index contributed by atoms with van der Waals surface area (Å²) in [6, 6.07) is 7.71. The molecule has 1 aliphatic heterocycles. The minimum Gasteiger partial charge on any atom is -0.491 e. The van der Waals surface area contributed by atoms with Crippen molar-refractivity contribution in [1.29, 1.82) is 0 Å². The molecule has 1 amide bonds. The first-order valence-corrected chi connectivity index (χ1v) is 6.85. The van der Waals surface area contributed by atoms with Crippen LogP contribution in [0.2, 0.25) is 0 Å². The van der Waals surface area contributed by atoms with E-state index in [1.54, 1.807) is 7.11 Å². The van der Waals surface area contributed by atoms with E-state index in [2.05, 4.69) is 5.32 Å². The van der Waals surface area contributed by atoms with Crippen LogP contribution in [-0.2, 0) is 20.8 Å². The van der Waals surface area contributed by atoms with Gasteiger partial charge in [-0.2, -0.15) is 0 Å². The highest BCUT2D eigenvalue weighted by atomic mass is 16.5. The molecule has 2 rings (SSSR count). The minimum absolute atomic E-state index is 0.00358. The molecule has 1 aromatic rings. The van der Waals surface area contributed by atoms with Gasteiger partial charge in [-0.05, 0) is 24.1 Å². The lowest BCUT2D eigenvalue weighted by atomic mass is 10.1. The van der Waals surface area contributed by atoms with Gasteiger partial charge in [-0.25, -0.2) is 0 Å². The summed E-state index contributed by atoms with van der Waals surface area (Å²) >= 11 is 0. The fraction of sp³-hybridized carbons (Fsp3) is 0.533. The van der Waals surface area contributed by atoms with Gasteiger partial charge in [0.1, 0.15) is 12.4 Å². The Morgan fingerprint density at radius 1 is 1.45 bits per heavy atom. The molecular formula is C15H21NO4. The molecule has 1 atom stereocenters. The highest BCUT2D eigenvalue weighted by Crippen LogP contribution is 2.15. The third-order valence-corrected chi connectivity index (χ3v) is 3.22. The minimum atomic E-state index is -0.00358. The maximum Gasteiger partial charge on any atom is 0.225 e. The average Bonchev–Trinajstić information content (AvgIpc) is 3.00. The third-order valence-electron chi connectivity index (χ3n) is 3.22. The zero-order chi connectivity index (χ0) is 14.2. The van der Waals surface area contributed by atoms with Crippen LogP contribution in [0.25, 0.3) is 0 Å². The van der Waals surface area contributed by atoms with Crippen molar-refractivity contribution in [1.82, 2.24) is 5.32 Å². The van der Waals surface area contributed by atoms with E-state index in [0.717, 1.165) is 17.7 Å². The smallest absolute Gasteiger partial charge is 0.225 e. The standard InChI is InChI=1S/C15H21NO4/c1-18-7-8-20-14-4-2-3-12(9-14)10-16-15(17)13-5-6-19-11-13/h2-4,9,13H,5-8,10-11H2,1H3,(H,16,17)/t13-/m1/s1. The fourth-order valence-corrected chi connectivity index (χ4v) is 2.06. The lowest BCUT2D eigenvalue weighted by Crippen LogP contribution is -2.30. The van der Waals surface area contributed by atoms with E-state index in [-0.39, 0.29) is 11.8 Å². The largest absolute Gasteiger partial charge is 0.491 e. The molecule has 0 spiro atoms. The predicted molar refractivity (Wildman–Crippen MR) is 74.6 cm³/mol. The van der Waals surface area contributed by atoms with Gasteiger partial charge in [-0.3, -0.25) is 4.79 Å². The van der Waals surface area contributed by atoms with E-state index in [4.69, 9.17) is 14.2 Å². The second-order valence-corrected chi connectivity index (χ2v) is 4.77. The first-order valence-electron chi connectivity index (χ1n) is 6.85. The normalized spacial score (nSPS) is 17.9. The monoisotopic (exact) mass is 279 g/mol. The zero-order valence-corrected chi connectivity index (χ0v) is 11.8. The molecule has 20 heavy (non-hydrogen) atoms. The van der Waals surface area contributed by atoms with Crippen molar-refractivity contribution in [3.05, 3.63) is 29.8 Å². The van der Waals surface area contributed by atoms with Gasteiger partial charge in [0.15, 0.2) is 0 Å². The molecule has 1 heterocycles. The maximum absolute atomic E-state index is 11.9. The topological polar surface area (TPSA) is 56.8 Å². The van der Waals surface area contributed by atoms with Crippen LogP contribution in [0, 0.1) is 5.92 Å². The first kappa shape index (κ1) is 14.8. The SMILES string of the molecule is COCCOc1cccc(CNC(=O)[C@@H]2CCOC2)c1. The molecule has 1 aliphatic rings. The molecule has 0 saturated carbocycles. The van der Waals surface area contributed by atoms with Crippen LogP contribution >= 0.6 is 0 Å². The summed E-state index contributed by atoms with van der Waals surface area (Å²) in [5, 5.41) is 2.94. The number of carbonyl (C=O) groups is 1. The van der Waals surface area contributed by atoms with Crippen molar-refractivity contribution in [3.8, 4) is 5.75 Å². The van der Waals surface area contributed by atoms with Crippen molar-refractivity contribution >= 4 is 5.91 Å². The number of carbonyl (C=O) groups excluding carboxylic acids is 1. The van der Waals surface area contributed by atoms with E-state index >= 15 is 0 Å². The number of nitrogens with one attached hydrogen (secondary N) is 1. The Bertz CT molecular complexity index is 430. The van der Waals surface area contributed by atoms with Gasteiger partial charge < -0.3 is 19.5 Å². The van der Waals surface area contributed by atoms with Crippen LogP contribution < -0.4 is 10.1 Å². The summed E-state index contributed by atoms with van der Waals surface area (Å²) < 4.78 is 15.7. The highest BCUT2D eigenvalue weighted by molar-refractivity contribution is 5.78. The number of benzene rings is 1. The maximum atomic E-state index is 11.9. The van der Waals surface area contributed by atoms with Crippen LogP contribution in [0.15, 0.2) is 24.3 Å². The second kappa shape index (κ2) is 7.87. The average molecular weight is 279 g/mol. The number of hydrogen-bond donors (Lipinski definition) is 1. The molecule has 0 radical (unpaired) electrons. The van der Waals surface area contributed by atoms with E-state index in [9.17, 15) is 4.79 Å². The fourth-order valence-electron chi connectivity index (χ4n) is 2.06. The number of methoxy groups -OCH3 is 1. The quantitative estimate of drug-likeness (QED) is 0.766. The highest BCUT2D eigenvalue weighted by Gasteiger charge is 2.22. The van der Waals surface area contributed by atoms with Gasteiger partial charge in [0.2, 0.25) is 5.91 Å². The van der Waals surface area contributed by atoms with Gasteiger partial charge in [0.05, 0.1) is 19.1 Å². The van der Waals surface area contributed by atoms with Crippen LogP contribution in [0.4, 0.5) is 0 Å². The van der Waals surface area contributed by atoms with Crippen molar-refractivity contribution in [2.75, 3.05) is 33.5 Å². The molecular weight excluding hydrogens is 258 g/mol. The Labute approximate surface area is 119 Å². The van der Waals surface area contributed by atoms with E-state index < -0.39 is 0 Å². The first-order chi connectivity index (χ1) is 9.79. The summed E-state index contributed by atoms with van der Waals surface area (Å²) in [6.45, 7) is 2.80. The van der Waals surface area contributed by atoms with Gasteiger partial charge >= 0.3 is 0 Å². The van der Waals surface area contributed by atoms with Gasteiger partial charge in [0.25, 0.3) is 0 Å². The molecule has 1 fully saturated rings. The summed E-state index contributed by atoms with van der Waals surface area (Å²) in [5.41, 5.74) is 1.02. The zero-order valence-electron chi connectivity index (χ0n) is 11.8. The van der Waals surface area contributed by atoms with Gasteiger partial charge in [-0.1, -0.05) is 12.1 Å². The van der Waals surface area contributed by atoms with Gasteiger partial charge in [0, 0.05) is 20.3 Å². The lowest BCUT2D eigenvalue weighted by molar-refractivity contribution is -0.125. The number of ether oxygens (including phenoxy) is 3. The van der Waals surface area contributed by atoms with Crippen LogP contribution in [0.1, 0.15) is 12.0 Å². The Morgan fingerprint density at radius 2 is 2.35 bits per heavy atom. The Hall–Kier alpha value is -1.59. The van der Waals surface area contributed by atoms with Gasteiger partial charge in [-0.15, -0.1) is 0 Å². The predicted octanol–water partition coefficient (Wildman–Crippen LogP) is 1.36. The van der Waals surface area contributed by atoms with Crippen LogP contribution in [0.5, 0.6) is 5.75 Å². The molecule has 1 N–H and O–H groups in total. The number of rotatable bonds is 7.